The number of methoxy groups -OCH3 is 1. The molecule has 3 heteroatoms. The van der Waals surface area contributed by atoms with E-state index in [4.69, 9.17) is 16.3 Å². The zero-order valence-corrected chi connectivity index (χ0v) is 7.12. The number of halogens is 1. The Bertz CT molecular complexity index is 341. The van der Waals surface area contributed by atoms with Gasteiger partial charge in [0.1, 0.15) is 17.7 Å². The molecule has 0 bridgehead atoms. The average Bonchev–Trinajstić information content (AvgIpc) is 2.16. The molecule has 68 valence electrons. The number of terminal acetylenes is 1. The zero-order valence-electron chi connectivity index (χ0n) is 7.12. The molecule has 0 unspecified atom stereocenters. The molecule has 1 N–H and O–H groups in total. The predicted molar refractivity (Wildman–Crippen MR) is 46.7 cm³/mol. The smallest absolute Gasteiger partial charge is 0.142 e. The van der Waals surface area contributed by atoms with E-state index in [-0.39, 0.29) is 5.56 Å². The molecule has 0 fully saturated rings. The maximum absolute atomic E-state index is 13.1. The standard InChI is InChI=1S/C10H9FO2/c1-3-10(12)8-5-4-7(13-2)6-9(8)11/h1,4-6,10,12H,2H3/t10-/m0/s1. The van der Waals surface area contributed by atoms with E-state index in [2.05, 4.69) is 0 Å². The molecule has 0 aliphatic rings. The summed E-state index contributed by atoms with van der Waals surface area (Å²) >= 11 is 0. The number of benzene rings is 1. The quantitative estimate of drug-likeness (QED) is 0.699. The van der Waals surface area contributed by atoms with Crippen molar-refractivity contribution in [3.05, 3.63) is 29.6 Å². The fourth-order valence-electron chi connectivity index (χ4n) is 0.946. The summed E-state index contributed by atoms with van der Waals surface area (Å²) in [6.07, 6.45) is 3.74. The third-order valence-electron chi connectivity index (χ3n) is 1.66. The molecular weight excluding hydrogens is 171 g/mol. The van der Waals surface area contributed by atoms with Gasteiger partial charge in [-0.15, -0.1) is 6.42 Å². The van der Waals surface area contributed by atoms with Crippen LogP contribution in [0.5, 0.6) is 5.75 Å². The molecule has 1 aromatic rings. The molecule has 0 spiro atoms. The molecule has 1 rings (SSSR count). The van der Waals surface area contributed by atoms with Crippen molar-refractivity contribution < 1.29 is 14.2 Å². The normalized spacial score (nSPS) is 11.8. The van der Waals surface area contributed by atoms with Crippen molar-refractivity contribution in [2.24, 2.45) is 0 Å². The monoisotopic (exact) mass is 180 g/mol. The highest BCUT2D eigenvalue weighted by molar-refractivity contribution is 5.32. The minimum Gasteiger partial charge on any atom is -0.497 e. The molecule has 0 saturated heterocycles. The van der Waals surface area contributed by atoms with E-state index >= 15 is 0 Å². The van der Waals surface area contributed by atoms with Crippen LogP contribution >= 0.6 is 0 Å². The maximum atomic E-state index is 13.1. The summed E-state index contributed by atoms with van der Waals surface area (Å²) in [7, 11) is 1.44. The first-order chi connectivity index (χ1) is 6.19. The Hall–Kier alpha value is -1.53. The summed E-state index contributed by atoms with van der Waals surface area (Å²) in [4.78, 5) is 0. The molecule has 13 heavy (non-hydrogen) atoms. The van der Waals surface area contributed by atoms with Crippen LogP contribution < -0.4 is 4.74 Å². The first kappa shape index (κ1) is 9.56. The van der Waals surface area contributed by atoms with Crippen LogP contribution in [0, 0.1) is 18.2 Å². The Morgan fingerprint density at radius 3 is 2.77 bits per heavy atom. The van der Waals surface area contributed by atoms with Gasteiger partial charge in [0, 0.05) is 11.6 Å². The summed E-state index contributed by atoms with van der Waals surface area (Å²) in [5, 5.41) is 9.16. The molecule has 0 saturated carbocycles. The Labute approximate surface area is 76.0 Å². The van der Waals surface area contributed by atoms with Crippen LogP contribution in [0.3, 0.4) is 0 Å². The van der Waals surface area contributed by atoms with E-state index < -0.39 is 11.9 Å². The van der Waals surface area contributed by atoms with Crippen LogP contribution in [-0.2, 0) is 0 Å². The lowest BCUT2D eigenvalue weighted by Gasteiger charge is -2.06. The van der Waals surface area contributed by atoms with Crippen LogP contribution in [0.1, 0.15) is 11.7 Å². The third kappa shape index (κ3) is 1.98. The molecule has 0 aliphatic heterocycles. The lowest BCUT2D eigenvalue weighted by molar-refractivity contribution is 0.232. The van der Waals surface area contributed by atoms with Gasteiger partial charge in [-0.3, -0.25) is 0 Å². The summed E-state index contributed by atoms with van der Waals surface area (Å²) in [6, 6.07) is 4.12. The van der Waals surface area contributed by atoms with E-state index in [1.165, 1.54) is 19.2 Å². The van der Waals surface area contributed by atoms with Gasteiger partial charge in [0.2, 0.25) is 0 Å². The average molecular weight is 180 g/mol. The second-order valence-electron chi connectivity index (χ2n) is 2.46. The lowest BCUT2D eigenvalue weighted by Crippen LogP contribution is -1.97. The number of hydrogen-bond acceptors (Lipinski definition) is 2. The largest absolute Gasteiger partial charge is 0.497 e. The molecule has 0 radical (unpaired) electrons. The van der Waals surface area contributed by atoms with Crippen LogP contribution in [0.4, 0.5) is 4.39 Å². The fourth-order valence-corrected chi connectivity index (χ4v) is 0.946. The number of aliphatic hydroxyl groups excluding tert-OH is 1. The van der Waals surface area contributed by atoms with Crippen LogP contribution in [0.25, 0.3) is 0 Å². The van der Waals surface area contributed by atoms with Gasteiger partial charge < -0.3 is 9.84 Å². The molecule has 2 nitrogen and oxygen atoms in total. The lowest BCUT2D eigenvalue weighted by atomic mass is 10.1. The SMILES string of the molecule is C#C[C@H](O)c1ccc(OC)cc1F. The Kier molecular flexibility index (Phi) is 2.88. The van der Waals surface area contributed by atoms with E-state index in [0.29, 0.717) is 5.75 Å². The molecule has 1 aromatic carbocycles. The summed E-state index contributed by atoms with van der Waals surface area (Å²) < 4.78 is 17.9. The van der Waals surface area contributed by atoms with E-state index in [1.807, 2.05) is 5.92 Å². The highest BCUT2D eigenvalue weighted by Gasteiger charge is 2.10. The van der Waals surface area contributed by atoms with Crippen molar-refractivity contribution in [1.82, 2.24) is 0 Å². The first-order valence-corrected chi connectivity index (χ1v) is 3.66. The fraction of sp³-hybridized carbons (Fsp3) is 0.200. The van der Waals surface area contributed by atoms with E-state index in [1.54, 1.807) is 6.07 Å². The van der Waals surface area contributed by atoms with Crippen LogP contribution in [0.15, 0.2) is 18.2 Å². The number of ether oxygens (including phenoxy) is 1. The summed E-state index contributed by atoms with van der Waals surface area (Å²) in [5.41, 5.74) is 0.0864. The van der Waals surface area contributed by atoms with Gasteiger partial charge >= 0.3 is 0 Å². The molecular formula is C10H9FO2. The topological polar surface area (TPSA) is 29.5 Å². The van der Waals surface area contributed by atoms with Crippen molar-refractivity contribution in [2.45, 2.75) is 6.10 Å². The van der Waals surface area contributed by atoms with Gasteiger partial charge in [-0.1, -0.05) is 5.92 Å². The van der Waals surface area contributed by atoms with Crippen molar-refractivity contribution in [1.29, 1.82) is 0 Å². The summed E-state index contributed by atoms with van der Waals surface area (Å²) in [6.45, 7) is 0. The number of rotatable bonds is 2. The molecule has 0 amide bonds. The second-order valence-corrected chi connectivity index (χ2v) is 2.46. The highest BCUT2D eigenvalue weighted by Crippen LogP contribution is 2.21. The van der Waals surface area contributed by atoms with Crippen LogP contribution in [0.2, 0.25) is 0 Å². The Morgan fingerprint density at radius 2 is 2.31 bits per heavy atom. The van der Waals surface area contributed by atoms with E-state index in [0.717, 1.165) is 0 Å². The minimum absolute atomic E-state index is 0.0864. The third-order valence-corrected chi connectivity index (χ3v) is 1.66. The molecule has 0 aliphatic carbocycles. The van der Waals surface area contributed by atoms with E-state index in [9.17, 15) is 4.39 Å². The van der Waals surface area contributed by atoms with Gasteiger partial charge in [-0.2, -0.15) is 0 Å². The minimum atomic E-state index is -1.20. The number of aliphatic hydroxyl groups is 1. The zero-order chi connectivity index (χ0) is 9.84. The Balaban J connectivity index is 3.06. The summed E-state index contributed by atoms with van der Waals surface area (Å²) in [5.74, 6) is 1.86. The second kappa shape index (κ2) is 3.92. The van der Waals surface area contributed by atoms with Crippen molar-refractivity contribution in [3.8, 4) is 18.1 Å². The van der Waals surface area contributed by atoms with Gasteiger partial charge in [0.25, 0.3) is 0 Å². The van der Waals surface area contributed by atoms with Gasteiger partial charge in [0.05, 0.1) is 7.11 Å². The maximum Gasteiger partial charge on any atom is 0.142 e. The van der Waals surface area contributed by atoms with Gasteiger partial charge in [-0.25, -0.2) is 4.39 Å². The first-order valence-electron chi connectivity index (χ1n) is 3.66. The predicted octanol–water partition coefficient (Wildman–Crippen LogP) is 1.50. The molecule has 1 atom stereocenters. The van der Waals surface area contributed by atoms with Crippen molar-refractivity contribution >= 4 is 0 Å². The molecule has 0 aromatic heterocycles. The van der Waals surface area contributed by atoms with Gasteiger partial charge in [-0.05, 0) is 12.1 Å². The van der Waals surface area contributed by atoms with Crippen molar-refractivity contribution in [3.63, 3.8) is 0 Å². The number of hydrogen-bond donors (Lipinski definition) is 1. The van der Waals surface area contributed by atoms with Crippen LogP contribution in [-0.4, -0.2) is 12.2 Å². The van der Waals surface area contributed by atoms with Crippen molar-refractivity contribution in [2.75, 3.05) is 7.11 Å². The molecule has 0 heterocycles. The Morgan fingerprint density at radius 1 is 1.62 bits per heavy atom. The van der Waals surface area contributed by atoms with Gasteiger partial charge in [0.15, 0.2) is 0 Å². The highest BCUT2D eigenvalue weighted by atomic mass is 19.1.